The first kappa shape index (κ1) is 18.4. The van der Waals surface area contributed by atoms with Gasteiger partial charge in [-0.15, -0.1) is 5.10 Å². The predicted molar refractivity (Wildman–Crippen MR) is 25.9 cm³/mol. The Kier molecular flexibility index (Phi) is 20.1. The Labute approximate surface area is 107 Å². The molecule has 2 aromatic rings. The highest BCUT2D eigenvalue weighted by molar-refractivity contribution is 4.07. The molecule has 2 aromatic heterocycles. The number of aromatic amines is 4. The molecule has 0 amide bonds. The van der Waals surface area contributed by atoms with Crippen molar-refractivity contribution in [2.24, 2.45) is 0 Å². The first-order valence-electron chi connectivity index (χ1n) is 2.45. The van der Waals surface area contributed by atoms with Crippen LogP contribution in [0.1, 0.15) is 0 Å². The molecule has 0 saturated heterocycles. The van der Waals surface area contributed by atoms with Gasteiger partial charge in [-0.25, -0.2) is 0 Å². The zero-order valence-electron chi connectivity index (χ0n) is 6.08. The minimum atomic E-state index is 0. The van der Waals surface area contributed by atoms with Gasteiger partial charge in [0.1, 0.15) is 10.3 Å². The summed E-state index contributed by atoms with van der Waals surface area (Å²) < 4.78 is 0. The van der Waals surface area contributed by atoms with Crippen molar-refractivity contribution in [2.45, 2.75) is 0 Å². The number of halogens is 3. The highest BCUT2D eigenvalue weighted by Crippen LogP contribution is 1.33. The lowest BCUT2D eigenvalue weighted by atomic mass is 11.4. The molecular formula is C2H6BrClIN8-. The molecule has 2 heterocycles. The lowest BCUT2D eigenvalue weighted by Crippen LogP contribution is -3.00. The quantitative estimate of drug-likeness (QED) is 0.440. The van der Waals surface area contributed by atoms with Crippen molar-refractivity contribution in [3.63, 3.8) is 0 Å². The van der Waals surface area contributed by atoms with Gasteiger partial charge >= 0.3 is 0 Å². The van der Waals surface area contributed by atoms with Gasteiger partial charge in [-0.3, -0.25) is 0 Å². The van der Waals surface area contributed by atoms with Gasteiger partial charge in [0.15, 0.2) is 10.4 Å². The van der Waals surface area contributed by atoms with E-state index in [4.69, 9.17) is 0 Å². The van der Waals surface area contributed by atoms with Crippen LogP contribution in [0.4, 0.5) is 0 Å². The summed E-state index contributed by atoms with van der Waals surface area (Å²) in [7, 11) is 0. The van der Waals surface area contributed by atoms with E-state index in [1.807, 2.05) is 0 Å². The lowest BCUT2D eigenvalue weighted by molar-refractivity contribution is -0.456. The highest BCUT2D eigenvalue weighted by Gasteiger charge is 1.72. The zero-order valence-corrected chi connectivity index (χ0v) is 10.6. The van der Waals surface area contributed by atoms with Crippen LogP contribution in [-0.2, 0) is 0 Å². The molecule has 4 N–H and O–H groups in total. The number of H-pyrrole nitrogens is 4. The van der Waals surface area contributed by atoms with Crippen molar-refractivity contribution in [2.75, 3.05) is 0 Å². The molecule has 76 valence electrons. The third-order valence-corrected chi connectivity index (χ3v) is 0.589. The molecular weight excluding hydrogens is 378 g/mol. The molecule has 0 aliphatic heterocycles. The van der Waals surface area contributed by atoms with Crippen LogP contribution in [0, 0.1) is 0 Å². The molecule has 0 radical (unpaired) electrons. The summed E-state index contributed by atoms with van der Waals surface area (Å²) in [6, 6.07) is 0. The summed E-state index contributed by atoms with van der Waals surface area (Å²) in [5, 5.41) is 23.0. The van der Waals surface area contributed by atoms with E-state index >= 15 is 0 Å². The molecule has 8 nitrogen and oxygen atoms in total. The standard InChI is InChI=1S/2CH2N4.BrH.ClH.HI/c2*1-2-4-5-3-1;;;/h2*1H,(H,2,3,4,5);3*1H/p-1. The second-order valence-corrected chi connectivity index (χ2v) is 1.20. The topological polar surface area (TPSA) is 111 Å². The summed E-state index contributed by atoms with van der Waals surface area (Å²) >= 11 is 0. The van der Waals surface area contributed by atoms with Gasteiger partial charge in [0.05, 0.1) is 0 Å². The minimum Gasteiger partial charge on any atom is -1.00 e. The fourth-order valence-corrected chi connectivity index (χ4v) is 0.289. The van der Waals surface area contributed by atoms with E-state index in [1.54, 1.807) is 0 Å². The van der Waals surface area contributed by atoms with Crippen LogP contribution in [0.5, 0.6) is 0 Å². The molecule has 0 atom stereocenters. The number of aromatic nitrogens is 8. The third kappa shape index (κ3) is 11.6. The Bertz CT molecular complexity index is 161. The number of nitrogens with one attached hydrogen (secondary N) is 4. The number of tetrazole rings is 2. The molecule has 0 aliphatic carbocycles. The summed E-state index contributed by atoms with van der Waals surface area (Å²) in [4.78, 5) is 0. The van der Waals surface area contributed by atoms with E-state index in [2.05, 4.69) is 41.2 Å². The van der Waals surface area contributed by atoms with E-state index < -0.39 is 0 Å². The molecule has 2 rings (SSSR count). The smallest absolute Gasteiger partial charge is 0.286 e. The van der Waals surface area contributed by atoms with E-state index in [0.29, 0.717) is 0 Å². The van der Waals surface area contributed by atoms with Crippen molar-refractivity contribution < 1.29 is 63.6 Å². The van der Waals surface area contributed by atoms with Crippen LogP contribution >= 0.6 is 0 Å². The van der Waals surface area contributed by atoms with Crippen LogP contribution < -0.4 is 63.6 Å². The molecule has 0 bridgehead atoms. The maximum atomic E-state index is 3.36. The molecule has 0 unspecified atom stereocenters. The van der Waals surface area contributed by atoms with Crippen molar-refractivity contribution in [3.05, 3.63) is 12.7 Å². The number of rotatable bonds is 0. The average Bonchev–Trinajstić information content (AvgIpc) is 2.67. The SMILES string of the molecule is [Br-].[Cl-].[I-].c1[nH]nn[nH+]1.c1nn[nH][nH+]1. The maximum absolute atomic E-state index is 3.36. The Morgan fingerprint density at radius 2 is 2.00 bits per heavy atom. The third-order valence-electron chi connectivity index (χ3n) is 0.589. The van der Waals surface area contributed by atoms with E-state index in [9.17, 15) is 0 Å². The Hall–Kier alpha value is -0.360. The van der Waals surface area contributed by atoms with Gasteiger partial charge in [0, 0.05) is 0 Å². The van der Waals surface area contributed by atoms with Gasteiger partial charge in [0.25, 0.3) is 6.33 Å². The van der Waals surface area contributed by atoms with Crippen LogP contribution in [0.25, 0.3) is 0 Å². The number of nitrogens with zero attached hydrogens (tertiary/aromatic N) is 4. The summed E-state index contributed by atoms with van der Waals surface area (Å²) in [5.41, 5.74) is 0. The Balaban J connectivity index is -0.000000125. The molecule has 0 aliphatic rings. The summed E-state index contributed by atoms with van der Waals surface area (Å²) in [5.74, 6) is 0. The number of hydrogen-bond donors (Lipinski definition) is 2. The Morgan fingerprint density at radius 1 is 1.23 bits per heavy atom. The van der Waals surface area contributed by atoms with Crippen molar-refractivity contribution in [3.8, 4) is 0 Å². The largest absolute Gasteiger partial charge is 1.00 e. The van der Waals surface area contributed by atoms with Crippen molar-refractivity contribution >= 4 is 0 Å². The van der Waals surface area contributed by atoms with Crippen molar-refractivity contribution in [1.29, 1.82) is 0 Å². The first-order chi connectivity index (χ1) is 5.00. The van der Waals surface area contributed by atoms with E-state index in [0.717, 1.165) is 0 Å². The predicted octanol–water partition coefficient (Wildman–Crippen LogP) is -11.8. The van der Waals surface area contributed by atoms with Gasteiger partial charge in [-0.2, -0.15) is 10.2 Å². The van der Waals surface area contributed by atoms with E-state index in [1.165, 1.54) is 12.7 Å². The lowest BCUT2D eigenvalue weighted by Gasteiger charge is -1.36. The van der Waals surface area contributed by atoms with Crippen LogP contribution in [-0.4, -0.2) is 31.1 Å². The number of hydrogen-bond acceptors (Lipinski definition) is 4. The van der Waals surface area contributed by atoms with Crippen LogP contribution in [0.15, 0.2) is 12.7 Å². The summed E-state index contributed by atoms with van der Waals surface area (Å²) in [6.07, 6.45) is 2.99. The van der Waals surface area contributed by atoms with Gasteiger partial charge in [0.2, 0.25) is 6.33 Å². The maximum Gasteiger partial charge on any atom is 0.286 e. The second-order valence-electron chi connectivity index (χ2n) is 1.20. The highest BCUT2D eigenvalue weighted by atomic mass is 127. The fourth-order valence-electron chi connectivity index (χ4n) is 0.289. The normalized spacial score (nSPS) is 6.15. The molecule has 0 spiro atoms. The van der Waals surface area contributed by atoms with Gasteiger partial charge in [-0.05, 0) is 0 Å². The monoisotopic (exact) mass is 383 g/mol. The summed E-state index contributed by atoms with van der Waals surface area (Å²) in [6.45, 7) is 0. The molecule has 11 heteroatoms. The van der Waals surface area contributed by atoms with Crippen LogP contribution in [0.3, 0.4) is 0 Å². The first-order valence-corrected chi connectivity index (χ1v) is 2.45. The van der Waals surface area contributed by atoms with Gasteiger partial charge in [-0.1, -0.05) is 5.21 Å². The minimum absolute atomic E-state index is 0. The molecule has 13 heavy (non-hydrogen) atoms. The zero-order chi connectivity index (χ0) is 7.07. The fraction of sp³-hybridized carbons (Fsp3) is 0. The molecule has 0 saturated carbocycles. The molecule has 0 aromatic carbocycles. The van der Waals surface area contributed by atoms with Gasteiger partial charge < -0.3 is 53.4 Å². The second kappa shape index (κ2) is 14.2. The van der Waals surface area contributed by atoms with Crippen LogP contribution in [0.2, 0.25) is 0 Å². The molecule has 0 fully saturated rings. The van der Waals surface area contributed by atoms with E-state index in [-0.39, 0.29) is 53.4 Å². The average molecular weight is 384 g/mol. The Morgan fingerprint density at radius 3 is 2.15 bits per heavy atom. The van der Waals surface area contributed by atoms with Crippen molar-refractivity contribution in [1.82, 2.24) is 31.1 Å².